The molecular formula is C15H18N4O5S. The van der Waals surface area contributed by atoms with E-state index in [-0.39, 0.29) is 19.0 Å². The summed E-state index contributed by atoms with van der Waals surface area (Å²) < 4.78 is 28.4. The van der Waals surface area contributed by atoms with Crippen molar-refractivity contribution in [3.05, 3.63) is 62.9 Å². The second-order valence-corrected chi connectivity index (χ2v) is 7.01. The van der Waals surface area contributed by atoms with E-state index in [1.807, 2.05) is 0 Å². The molecule has 9 nitrogen and oxygen atoms in total. The number of amides is 1. The standard InChI is InChI=1S/C15H18N4O5S/c1-18-10-12(14(21)19(2)15(18)22)25(23,24)17-9-8-16-13(20)11-6-4-3-5-7-11/h3-7,10,17H,8-9H2,1-2H3,(H,16,20). The molecule has 2 rings (SSSR count). The number of carbonyl (C=O) groups is 1. The zero-order chi connectivity index (χ0) is 18.6. The van der Waals surface area contributed by atoms with Gasteiger partial charge in [0.15, 0.2) is 4.90 Å². The van der Waals surface area contributed by atoms with Crippen molar-refractivity contribution < 1.29 is 13.2 Å². The quantitative estimate of drug-likeness (QED) is 0.622. The Hall–Kier alpha value is -2.72. The Labute approximate surface area is 144 Å². The van der Waals surface area contributed by atoms with Gasteiger partial charge in [0.2, 0.25) is 10.0 Å². The largest absolute Gasteiger partial charge is 0.351 e. The maximum Gasteiger partial charge on any atom is 0.330 e. The molecule has 0 bridgehead atoms. The van der Waals surface area contributed by atoms with E-state index >= 15 is 0 Å². The molecule has 0 radical (unpaired) electrons. The van der Waals surface area contributed by atoms with Gasteiger partial charge in [-0.3, -0.25) is 14.2 Å². The second-order valence-electron chi connectivity index (χ2n) is 5.27. The van der Waals surface area contributed by atoms with Gasteiger partial charge in [-0.1, -0.05) is 18.2 Å². The lowest BCUT2D eigenvalue weighted by atomic mass is 10.2. The molecule has 0 spiro atoms. The minimum absolute atomic E-state index is 0.0407. The van der Waals surface area contributed by atoms with Crippen LogP contribution in [0.15, 0.2) is 51.0 Å². The van der Waals surface area contributed by atoms with Crippen molar-refractivity contribution in [1.29, 1.82) is 0 Å². The summed E-state index contributed by atoms with van der Waals surface area (Å²) in [5, 5.41) is 2.57. The summed E-state index contributed by atoms with van der Waals surface area (Å²) in [5.74, 6) is -0.335. The van der Waals surface area contributed by atoms with E-state index in [0.717, 1.165) is 10.8 Å². The van der Waals surface area contributed by atoms with Gasteiger partial charge in [0.1, 0.15) is 0 Å². The molecule has 25 heavy (non-hydrogen) atoms. The van der Waals surface area contributed by atoms with Gasteiger partial charge in [0, 0.05) is 38.9 Å². The first-order valence-corrected chi connectivity index (χ1v) is 8.82. The van der Waals surface area contributed by atoms with Crippen molar-refractivity contribution in [2.75, 3.05) is 13.1 Å². The van der Waals surface area contributed by atoms with Gasteiger partial charge in [0.05, 0.1) is 0 Å². The Balaban J connectivity index is 2.02. The average molecular weight is 366 g/mol. The highest BCUT2D eigenvalue weighted by Gasteiger charge is 2.20. The molecule has 0 atom stereocenters. The van der Waals surface area contributed by atoms with Crippen molar-refractivity contribution in [3.8, 4) is 0 Å². The average Bonchev–Trinajstić information content (AvgIpc) is 2.60. The van der Waals surface area contributed by atoms with Crippen LogP contribution in [0.1, 0.15) is 10.4 Å². The first-order valence-electron chi connectivity index (χ1n) is 7.33. The molecule has 1 heterocycles. The fraction of sp³-hybridized carbons (Fsp3) is 0.267. The second kappa shape index (κ2) is 7.45. The number of carbonyl (C=O) groups excluding carboxylic acids is 1. The van der Waals surface area contributed by atoms with Crippen molar-refractivity contribution in [3.63, 3.8) is 0 Å². The third-order valence-corrected chi connectivity index (χ3v) is 4.89. The van der Waals surface area contributed by atoms with Crippen molar-refractivity contribution >= 4 is 15.9 Å². The van der Waals surface area contributed by atoms with E-state index in [2.05, 4.69) is 10.0 Å². The van der Waals surface area contributed by atoms with Gasteiger partial charge in [-0.05, 0) is 12.1 Å². The smallest absolute Gasteiger partial charge is 0.330 e. The molecule has 0 saturated heterocycles. The highest BCUT2D eigenvalue weighted by Crippen LogP contribution is 2.00. The number of sulfonamides is 1. The summed E-state index contributed by atoms with van der Waals surface area (Å²) in [6.45, 7) is -0.0636. The molecule has 1 amide bonds. The molecule has 0 saturated carbocycles. The molecule has 1 aromatic heterocycles. The molecule has 0 fully saturated rings. The number of benzene rings is 1. The number of aryl methyl sites for hydroxylation is 1. The third kappa shape index (κ3) is 4.22. The topological polar surface area (TPSA) is 119 Å². The van der Waals surface area contributed by atoms with E-state index in [1.54, 1.807) is 30.3 Å². The van der Waals surface area contributed by atoms with Crippen LogP contribution in [0.25, 0.3) is 0 Å². The number of nitrogens with one attached hydrogen (secondary N) is 2. The fourth-order valence-corrected chi connectivity index (χ4v) is 3.28. The van der Waals surface area contributed by atoms with E-state index < -0.39 is 26.2 Å². The molecule has 134 valence electrons. The van der Waals surface area contributed by atoms with E-state index in [9.17, 15) is 22.8 Å². The summed E-state index contributed by atoms with van der Waals surface area (Å²) in [5.41, 5.74) is -1.08. The van der Waals surface area contributed by atoms with Gasteiger partial charge in [-0.15, -0.1) is 0 Å². The summed E-state index contributed by atoms with van der Waals surface area (Å²) >= 11 is 0. The van der Waals surface area contributed by atoms with Crippen molar-refractivity contribution in [2.45, 2.75) is 4.90 Å². The molecule has 1 aromatic carbocycles. The number of hydrogen-bond donors (Lipinski definition) is 2. The highest BCUT2D eigenvalue weighted by atomic mass is 32.2. The maximum absolute atomic E-state index is 12.2. The maximum atomic E-state index is 12.2. The van der Waals surface area contributed by atoms with Gasteiger partial charge in [0.25, 0.3) is 11.5 Å². The molecule has 10 heteroatoms. The highest BCUT2D eigenvalue weighted by molar-refractivity contribution is 7.89. The summed E-state index contributed by atoms with van der Waals surface area (Å²) in [6.07, 6.45) is 0.968. The number of aromatic nitrogens is 2. The lowest BCUT2D eigenvalue weighted by Gasteiger charge is -2.10. The Bertz CT molecular complexity index is 993. The van der Waals surface area contributed by atoms with Crippen molar-refractivity contribution in [2.24, 2.45) is 14.1 Å². The predicted octanol–water partition coefficient (Wildman–Crippen LogP) is -1.21. The predicted molar refractivity (Wildman–Crippen MR) is 90.9 cm³/mol. The fourth-order valence-electron chi connectivity index (χ4n) is 2.09. The van der Waals surface area contributed by atoms with Gasteiger partial charge in [-0.25, -0.2) is 17.9 Å². The monoisotopic (exact) mass is 366 g/mol. The Morgan fingerprint density at radius 1 is 1.08 bits per heavy atom. The first kappa shape index (κ1) is 18.6. The molecule has 0 unspecified atom stereocenters. The Morgan fingerprint density at radius 2 is 1.72 bits per heavy atom. The Kier molecular flexibility index (Phi) is 5.55. The molecule has 2 aromatic rings. The van der Waals surface area contributed by atoms with Gasteiger partial charge >= 0.3 is 5.69 Å². The lowest BCUT2D eigenvalue weighted by molar-refractivity contribution is 0.0954. The zero-order valence-corrected chi connectivity index (χ0v) is 14.5. The van der Waals surface area contributed by atoms with Crippen LogP contribution in [0.4, 0.5) is 0 Å². The molecule has 0 aliphatic rings. The van der Waals surface area contributed by atoms with E-state index in [0.29, 0.717) is 10.1 Å². The summed E-state index contributed by atoms with van der Waals surface area (Å²) in [4.78, 5) is 34.9. The van der Waals surface area contributed by atoms with Crippen LogP contribution in [-0.2, 0) is 24.1 Å². The van der Waals surface area contributed by atoms with Crippen molar-refractivity contribution in [1.82, 2.24) is 19.2 Å². The number of rotatable bonds is 6. The van der Waals surface area contributed by atoms with Crippen LogP contribution < -0.4 is 21.3 Å². The minimum atomic E-state index is -4.11. The van der Waals surface area contributed by atoms with Gasteiger partial charge < -0.3 is 9.88 Å². The molecule has 0 aliphatic heterocycles. The third-order valence-electron chi connectivity index (χ3n) is 3.44. The summed E-state index contributed by atoms with van der Waals surface area (Å²) in [7, 11) is -1.56. The van der Waals surface area contributed by atoms with Crippen LogP contribution in [0, 0.1) is 0 Å². The SMILES string of the molecule is Cn1cc(S(=O)(=O)NCCNC(=O)c2ccccc2)c(=O)n(C)c1=O. The van der Waals surface area contributed by atoms with Crippen LogP contribution in [0.2, 0.25) is 0 Å². The number of hydrogen-bond acceptors (Lipinski definition) is 5. The van der Waals surface area contributed by atoms with Crippen LogP contribution in [-0.4, -0.2) is 36.5 Å². The van der Waals surface area contributed by atoms with E-state index in [4.69, 9.17) is 0 Å². The molecule has 2 N–H and O–H groups in total. The number of nitrogens with zero attached hydrogens (tertiary/aromatic N) is 2. The van der Waals surface area contributed by atoms with E-state index in [1.165, 1.54) is 14.1 Å². The minimum Gasteiger partial charge on any atom is -0.351 e. The normalized spacial score (nSPS) is 11.3. The van der Waals surface area contributed by atoms with Crippen LogP contribution in [0.3, 0.4) is 0 Å². The van der Waals surface area contributed by atoms with Crippen LogP contribution in [0.5, 0.6) is 0 Å². The zero-order valence-electron chi connectivity index (χ0n) is 13.7. The van der Waals surface area contributed by atoms with Crippen LogP contribution >= 0.6 is 0 Å². The Morgan fingerprint density at radius 3 is 2.36 bits per heavy atom. The molecule has 0 aliphatic carbocycles. The van der Waals surface area contributed by atoms with Gasteiger partial charge in [-0.2, -0.15) is 0 Å². The molecular weight excluding hydrogens is 348 g/mol. The summed E-state index contributed by atoms with van der Waals surface area (Å²) in [6, 6.07) is 8.47. The lowest BCUT2D eigenvalue weighted by Crippen LogP contribution is -2.42. The first-order chi connectivity index (χ1) is 11.7.